The lowest BCUT2D eigenvalue weighted by Crippen LogP contribution is -2.50. The third kappa shape index (κ3) is 4.74. The number of piperazine rings is 1. The lowest BCUT2D eigenvalue weighted by molar-refractivity contribution is 0.0535. The van der Waals surface area contributed by atoms with Crippen LogP contribution in [0.3, 0.4) is 0 Å². The van der Waals surface area contributed by atoms with E-state index in [4.69, 9.17) is 11.6 Å². The van der Waals surface area contributed by atoms with Gasteiger partial charge in [0.25, 0.3) is 11.8 Å². The first-order valence-electron chi connectivity index (χ1n) is 11.9. The van der Waals surface area contributed by atoms with Gasteiger partial charge < -0.3 is 14.4 Å². The molecule has 5 rings (SSSR count). The Bertz CT molecular complexity index is 1480. The Hall–Kier alpha value is -3.97. The molecule has 37 heavy (non-hydrogen) atoms. The maximum Gasteiger partial charge on any atom is 0.255 e. The molecule has 0 unspecified atom stereocenters. The van der Waals surface area contributed by atoms with E-state index >= 15 is 0 Å². The van der Waals surface area contributed by atoms with Crippen LogP contribution >= 0.6 is 11.6 Å². The molecule has 5 nitrogen and oxygen atoms in total. The van der Waals surface area contributed by atoms with Crippen molar-refractivity contribution in [3.05, 3.63) is 112 Å². The topological polar surface area (TPSA) is 45.6 Å². The summed E-state index contributed by atoms with van der Waals surface area (Å²) in [5.41, 5.74) is 2.98. The molecule has 0 saturated carbocycles. The van der Waals surface area contributed by atoms with Crippen LogP contribution in [0.25, 0.3) is 16.9 Å². The largest absolute Gasteiger partial charge is 0.335 e. The Morgan fingerprint density at radius 1 is 0.757 bits per heavy atom. The number of carbonyl (C=O) groups excluding carboxylic acids is 2. The Kier molecular flexibility index (Phi) is 6.80. The normalized spacial score (nSPS) is 13.6. The van der Waals surface area contributed by atoms with Crippen molar-refractivity contribution in [2.45, 2.75) is 6.92 Å². The molecule has 0 atom stereocenters. The number of rotatable bonds is 4. The number of benzene rings is 3. The molecule has 0 bridgehead atoms. The van der Waals surface area contributed by atoms with E-state index in [-0.39, 0.29) is 17.5 Å². The highest BCUT2D eigenvalue weighted by atomic mass is 35.5. The second-order valence-electron chi connectivity index (χ2n) is 8.89. The zero-order chi connectivity index (χ0) is 26.1. The van der Waals surface area contributed by atoms with Gasteiger partial charge in [-0.05, 0) is 42.8 Å². The number of amides is 2. The van der Waals surface area contributed by atoms with Crippen molar-refractivity contribution in [1.82, 2.24) is 14.4 Å². The molecule has 4 aromatic rings. The van der Waals surface area contributed by atoms with E-state index in [1.807, 2.05) is 30.3 Å². The van der Waals surface area contributed by atoms with Crippen LogP contribution in [0.2, 0.25) is 5.02 Å². The van der Waals surface area contributed by atoms with E-state index in [0.29, 0.717) is 53.7 Å². The van der Waals surface area contributed by atoms with Crippen molar-refractivity contribution in [1.29, 1.82) is 0 Å². The van der Waals surface area contributed by atoms with E-state index in [1.54, 1.807) is 51.6 Å². The maximum absolute atomic E-state index is 14.9. The molecule has 2 heterocycles. The summed E-state index contributed by atoms with van der Waals surface area (Å²) in [6.07, 6.45) is 0. The minimum atomic E-state index is -0.721. The van der Waals surface area contributed by atoms with Crippen molar-refractivity contribution in [3.63, 3.8) is 0 Å². The molecule has 1 aliphatic rings. The van der Waals surface area contributed by atoms with Crippen molar-refractivity contribution in [3.8, 4) is 16.9 Å². The first kappa shape index (κ1) is 24.7. The SMILES string of the molecule is Cc1c(C(=O)N2CCN(C(=O)c3ccccc3Cl)CC2)cc(-c2ccccc2)n1-c1ccc(F)cc1F. The molecular formula is C29H24ClF2N3O2. The standard InChI is InChI=1S/C29H24ClF2N3O2/c1-19-23(29(37)34-15-13-33(14-16-34)28(36)22-9-5-6-10-24(22)30)18-27(20-7-3-2-4-8-20)35(19)26-12-11-21(31)17-25(26)32/h2-12,17-18H,13-16H2,1H3. The number of hydrogen-bond donors (Lipinski definition) is 0. The molecule has 1 fully saturated rings. The molecule has 1 aliphatic heterocycles. The molecule has 0 N–H and O–H groups in total. The predicted molar refractivity (Wildman–Crippen MR) is 139 cm³/mol. The summed E-state index contributed by atoms with van der Waals surface area (Å²) in [5, 5.41) is 0.393. The van der Waals surface area contributed by atoms with Crippen LogP contribution in [-0.2, 0) is 0 Å². The van der Waals surface area contributed by atoms with Gasteiger partial charge in [0.2, 0.25) is 0 Å². The lowest BCUT2D eigenvalue weighted by atomic mass is 10.1. The van der Waals surface area contributed by atoms with Crippen molar-refractivity contribution in [2.24, 2.45) is 0 Å². The fraction of sp³-hybridized carbons (Fsp3) is 0.172. The number of carbonyl (C=O) groups is 2. The summed E-state index contributed by atoms with van der Waals surface area (Å²) in [6.45, 7) is 3.19. The fourth-order valence-electron chi connectivity index (χ4n) is 4.71. The second-order valence-corrected chi connectivity index (χ2v) is 9.30. The van der Waals surface area contributed by atoms with Gasteiger partial charge in [-0.1, -0.05) is 54.1 Å². The van der Waals surface area contributed by atoms with E-state index in [1.165, 1.54) is 12.1 Å². The van der Waals surface area contributed by atoms with Gasteiger partial charge in [-0.25, -0.2) is 8.78 Å². The quantitative estimate of drug-likeness (QED) is 0.333. The summed E-state index contributed by atoms with van der Waals surface area (Å²) < 4.78 is 30.1. The van der Waals surface area contributed by atoms with Gasteiger partial charge in [0, 0.05) is 37.9 Å². The average Bonchev–Trinajstić information content (AvgIpc) is 3.25. The zero-order valence-electron chi connectivity index (χ0n) is 20.1. The van der Waals surface area contributed by atoms with Crippen LogP contribution < -0.4 is 0 Å². The minimum Gasteiger partial charge on any atom is -0.335 e. The van der Waals surface area contributed by atoms with Crippen LogP contribution in [0, 0.1) is 18.6 Å². The first-order valence-corrected chi connectivity index (χ1v) is 12.3. The number of halogens is 3. The Morgan fingerprint density at radius 2 is 1.35 bits per heavy atom. The molecule has 1 saturated heterocycles. The maximum atomic E-state index is 14.9. The van der Waals surface area contributed by atoms with E-state index in [0.717, 1.165) is 11.6 Å². The van der Waals surface area contributed by atoms with Gasteiger partial charge in [-0.2, -0.15) is 0 Å². The first-order chi connectivity index (χ1) is 17.8. The number of aromatic nitrogens is 1. The highest BCUT2D eigenvalue weighted by Gasteiger charge is 2.29. The highest BCUT2D eigenvalue weighted by Crippen LogP contribution is 2.32. The monoisotopic (exact) mass is 519 g/mol. The van der Waals surface area contributed by atoms with Crippen LogP contribution in [0.4, 0.5) is 8.78 Å². The predicted octanol–water partition coefficient (Wildman–Crippen LogP) is 5.98. The van der Waals surface area contributed by atoms with Gasteiger partial charge in [0.05, 0.1) is 27.5 Å². The van der Waals surface area contributed by atoms with Crippen molar-refractivity contribution in [2.75, 3.05) is 26.2 Å². The zero-order valence-corrected chi connectivity index (χ0v) is 20.9. The Labute approximate surface area is 218 Å². The van der Waals surface area contributed by atoms with Crippen molar-refractivity contribution >= 4 is 23.4 Å². The van der Waals surface area contributed by atoms with Crippen LogP contribution in [0.5, 0.6) is 0 Å². The molecule has 8 heteroatoms. The van der Waals surface area contributed by atoms with Gasteiger partial charge >= 0.3 is 0 Å². The Balaban J connectivity index is 1.44. The molecule has 188 valence electrons. The van der Waals surface area contributed by atoms with Crippen LogP contribution in [-0.4, -0.2) is 52.4 Å². The smallest absolute Gasteiger partial charge is 0.255 e. The summed E-state index contributed by atoms with van der Waals surface area (Å²) in [4.78, 5) is 29.9. The minimum absolute atomic E-state index is 0.159. The van der Waals surface area contributed by atoms with Crippen LogP contribution in [0.15, 0.2) is 78.9 Å². The molecule has 1 aromatic heterocycles. The van der Waals surface area contributed by atoms with Crippen molar-refractivity contribution < 1.29 is 18.4 Å². The van der Waals surface area contributed by atoms with Gasteiger partial charge in [-0.3, -0.25) is 9.59 Å². The fourth-order valence-corrected chi connectivity index (χ4v) is 4.92. The lowest BCUT2D eigenvalue weighted by Gasteiger charge is -2.35. The molecule has 3 aromatic carbocycles. The number of hydrogen-bond acceptors (Lipinski definition) is 2. The van der Waals surface area contributed by atoms with E-state index in [9.17, 15) is 18.4 Å². The third-order valence-corrected chi connectivity index (χ3v) is 6.99. The van der Waals surface area contributed by atoms with Gasteiger partial charge in [0.1, 0.15) is 11.6 Å². The highest BCUT2D eigenvalue weighted by molar-refractivity contribution is 6.33. The van der Waals surface area contributed by atoms with Gasteiger partial charge in [0.15, 0.2) is 0 Å². The Morgan fingerprint density at radius 3 is 1.97 bits per heavy atom. The second kappa shape index (κ2) is 10.2. The van der Waals surface area contributed by atoms with E-state index in [2.05, 4.69) is 0 Å². The third-order valence-electron chi connectivity index (χ3n) is 6.66. The summed E-state index contributed by atoms with van der Waals surface area (Å²) >= 11 is 6.19. The molecule has 0 spiro atoms. The van der Waals surface area contributed by atoms with E-state index < -0.39 is 11.6 Å². The summed E-state index contributed by atoms with van der Waals surface area (Å²) in [6, 6.07) is 21.4. The molecule has 0 aliphatic carbocycles. The summed E-state index contributed by atoms with van der Waals surface area (Å²) in [5.74, 6) is -1.77. The average molecular weight is 520 g/mol. The van der Waals surface area contributed by atoms with Crippen LogP contribution in [0.1, 0.15) is 26.4 Å². The molecule has 0 radical (unpaired) electrons. The molecular weight excluding hydrogens is 496 g/mol. The van der Waals surface area contributed by atoms with Gasteiger partial charge in [-0.15, -0.1) is 0 Å². The molecule has 2 amide bonds. The summed E-state index contributed by atoms with van der Waals surface area (Å²) in [7, 11) is 0. The number of nitrogens with zero attached hydrogens (tertiary/aromatic N) is 3.